The Morgan fingerprint density at radius 1 is 1.42 bits per heavy atom. The molecule has 2 rings (SSSR count). The number of nitrogen functional groups attached to an aromatic ring is 1. The highest BCUT2D eigenvalue weighted by atomic mass is 16.8. The van der Waals surface area contributed by atoms with E-state index >= 15 is 0 Å². The molecule has 0 radical (unpaired) electrons. The van der Waals surface area contributed by atoms with Crippen LogP contribution in [-0.2, 0) is 9.47 Å². The number of hydrogen-bond acceptors (Lipinski definition) is 6. The first-order valence-corrected chi connectivity index (χ1v) is 5.51. The second-order valence-electron chi connectivity index (χ2n) is 4.20. The maximum absolute atomic E-state index is 11.0. The molecule has 7 heteroatoms. The van der Waals surface area contributed by atoms with E-state index < -0.39 is 18.0 Å². The van der Waals surface area contributed by atoms with Crippen molar-refractivity contribution in [2.45, 2.75) is 19.0 Å². The van der Waals surface area contributed by atoms with Crippen molar-refractivity contribution in [3.63, 3.8) is 0 Å². The molecule has 0 saturated heterocycles. The Morgan fingerprint density at radius 2 is 2.11 bits per heavy atom. The van der Waals surface area contributed by atoms with E-state index in [1.807, 2.05) is 0 Å². The predicted octanol–water partition coefficient (Wildman–Crippen LogP) is 1.07. The van der Waals surface area contributed by atoms with E-state index in [1.54, 1.807) is 6.92 Å². The third-order valence-corrected chi connectivity index (χ3v) is 2.94. The molecule has 2 unspecified atom stereocenters. The summed E-state index contributed by atoms with van der Waals surface area (Å²) >= 11 is 0. The Hall–Kier alpha value is -1.99. The van der Waals surface area contributed by atoms with Crippen LogP contribution in [-0.4, -0.2) is 37.4 Å². The molecule has 0 bridgehead atoms. The summed E-state index contributed by atoms with van der Waals surface area (Å²) in [6, 6.07) is 2.69. The maximum Gasteiger partial charge on any atom is 0.337 e. The van der Waals surface area contributed by atoms with Crippen molar-refractivity contribution in [1.82, 2.24) is 0 Å². The van der Waals surface area contributed by atoms with Crippen molar-refractivity contribution in [1.29, 1.82) is 0 Å². The monoisotopic (exact) mass is 269 g/mol. The summed E-state index contributed by atoms with van der Waals surface area (Å²) in [6.07, 6.45) is -0.824. The molecule has 19 heavy (non-hydrogen) atoms. The molecule has 0 spiro atoms. The summed E-state index contributed by atoms with van der Waals surface area (Å²) in [5.41, 5.74) is 5.68. The Bertz CT molecular complexity index is 517. The molecule has 7 nitrogen and oxygen atoms in total. The van der Waals surface area contributed by atoms with Crippen LogP contribution in [0.1, 0.15) is 17.3 Å². The van der Waals surface area contributed by atoms with Gasteiger partial charge < -0.3 is 29.8 Å². The smallest absolute Gasteiger partial charge is 0.337 e. The van der Waals surface area contributed by atoms with Crippen molar-refractivity contribution in [3.8, 4) is 11.5 Å². The topological polar surface area (TPSA) is 100 Å². The zero-order valence-electron chi connectivity index (χ0n) is 10.8. The first kappa shape index (κ1) is 13.4. The molecule has 3 N–H and O–H groups in total. The fraction of sp³-hybridized carbons (Fsp3) is 0.417. The van der Waals surface area contributed by atoms with Crippen LogP contribution >= 0.6 is 0 Å². The largest absolute Gasteiger partial charge is 0.478 e. The number of aromatic carboxylic acids is 1. The van der Waals surface area contributed by atoms with E-state index in [0.29, 0.717) is 5.75 Å². The van der Waals surface area contributed by atoms with Gasteiger partial charge in [-0.25, -0.2) is 4.79 Å². The van der Waals surface area contributed by atoms with Gasteiger partial charge in [0.1, 0.15) is 0 Å². The second-order valence-corrected chi connectivity index (χ2v) is 4.20. The molecule has 1 aromatic rings. The van der Waals surface area contributed by atoms with Gasteiger partial charge in [-0.2, -0.15) is 0 Å². The predicted molar refractivity (Wildman–Crippen MR) is 65.3 cm³/mol. The standard InChI is InChI=1S/C12H15NO6/c1-12(17-3)11(16-2)18-8-4-6(10(14)15)7(13)5-9(8)19-12/h4-5,11H,13H2,1-3H3,(H,14,15). The number of carbonyl (C=O) groups is 1. The van der Waals surface area contributed by atoms with Gasteiger partial charge in [0, 0.05) is 33.3 Å². The van der Waals surface area contributed by atoms with Gasteiger partial charge in [0.25, 0.3) is 12.1 Å². The Balaban J connectivity index is 2.47. The van der Waals surface area contributed by atoms with Gasteiger partial charge >= 0.3 is 5.97 Å². The second kappa shape index (κ2) is 4.60. The van der Waals surface area contributed by atoms with Crippen LogP contribution in [0, 0.1) is 0 Å². The minimum absolute atomic E-state index is 0.0572. The lowest BCUT2D eigenvalue weighted by molar-refractivity contribution is -0.288. The van der Waals surface area contributed by atoms with Crippen molar-refractivity contribution in [2.75, 3.05) is 20.0 Å². The number of ether oxygens (including phenoxy) is 4. The quantitative estimate of drug-likeness (QED) is 0.791. The zero-order valence-corrected chi connectivity index (χ0v) is 10.8. The van der Waals surface area contributed by atoms with Gasteiger partial charge in [-0.05, 0) is 0 Å². The van der Waals surface area contributed by atoms with Crippen LogP contribution < -0.4 is 15.2 Å². The van der Waals surface area contributed by atoms with Crippen LogP contribution in [0.3, 0.4) is 0 Å². The average Bonchev–Trinajstić information content (AvgIpc) is 2.37. The Morgan fingerprint density at radius 3 is 2.63 bits per heavy atom. The highest BCUT2D eigenvalue weighted by molar-refractivity contribution is 5.94. The van der Waals surface area contributed by atoms with Gasteiger partial charge in [0.15, 0.2) is 11.5 Å². The maximum atomic E-state index is 11.0. The number of nitrogens with two attached hydrogens (primary N) is 1. The minimum Gasteiger partial charge on any atom is -0.478 e. The lowest BCUT2D eigenvalue weighted by Crippen LogP contribution is -2.53. The molecule has 0 aromatic heterocycles. The van der Waals surface area contributed by atoms with E-state index in [4.69, 9.17) is 29.8 Å². The SMILES string of the molecule is COC1Oc2cc(C(=O)O)c(N)cc2OC1(C)OC. The Kier molecular flexibility index (Phi) is 3.25. The molecular formula is C12H15NO6. The van der Waals surface area contributed by atoms with Crippen LogP contribution in [0.25, 0.3) is 0 Å². The average molecular weight is 269 g/mol. The van der Waals surface area contributed by atoms with Gasteiger partial charge in [0.2, 0.25) is 0 Å². The molecule has 0 fully saturated rings. The molecule has 104 valence electrons. The highest BCUT2D eigenvalue weighted by Crippen LogP contribution is 2.41. The molecule has 1 aromatic carbocycles. The van der Waals surface area contributed by atoms with E-state index in [-0.39, 0.29) is 17.0 Å². The van der Waals surface area contributed by atoms with Gasteiger partial charge in [-0.1, -0.05) is 0 Å². The number of hydrogen-bond donors (Lipinski definition) is 2. The highest BCUT2D eigenvalue weighted by Gasteiger charge is 2.44. The van der Waals surface area contributed by atoms with Crippen molar-refractivity contribution in [3.05, 3.63) is 17.7 Å². The summed E-state index contributed by atoms with van der Waals surface area (Å²) in [5, 5.41) is 9.01. The normalized spacial score (nSPS) is 25.1. The number of fused-ring (bicyclic) bond motifs is 1. The summed E-state index contributed by atoms with van der Waals surface area (Å²) in [5.74, 6) is -1.73. The van der Waals surface area contributed by atoms with E-state index in [9.17, 15) is 4.79 Å². The number of methoxy groups -OCH3 is 2. The molecule has 0 amide bonds. The zero-order chi connectivity index (χ0) is 14.2. The van der Waals surface area contributed by atoms with Gasteiger partial charge in [-0.15, -0.1) is 0 Å². The van der Waals surface area contributed by atoms with Crippen LogP contribution in [0.2, 0.25) is 0 Å². The molecular weight excluding hydrogens is 254 g/mol. The van der Waals surface area contributed by atoms with Crippen LogP contribution in [0.4, 0.5) is 5.69 Å². The first-order valence-electron chi connectivity index (χ1n) is 5.51. The van der Waals surface area contributed by atoms with Crippen LogP contribution in [0.5, 0.6) is 11.5 Å². The van der Waals surface area contributed by atoms with Crippen LogP contribution in [0.15, 0.2) is 12.1 Å². The summed E-state index contributed by atoms with van der Waals surface area (Å²) < 4.78 is 21.5. The minimum atomic E-state index is -1.14. The summed E-state index contributed by atoms with van der Waals surface area (Å²) in [4.78, 5) is 11.0. The molecule has 1 aliphatic heterocycles. The van der Waals surface area contributed by atoms with Gasteiger partial charge in [-0.3, -0.25) is 0 Å². The Labute approximate surface area is 109 Å². The van der Waals surface area contributed by atoms with Crippen molar-refractivity contribution < 1.29 is 28.8 Å². The number of anilines is 1. The number of carboxylic acids is 1. The van der Waals surface area contributed by atoms with E-state index in [0.717, 1.165) is 0 Å². The molecule has 1 aliphatic rings. The molecule has 2 atom stereocenters. The molecule has 1 heterocycles. The fourth-order valence-corrected chi connectivity index (χ4v) is 1.82. The van der Waals surface area contributed by atoms with Gasteiger partial charge in [0.05, 0.1) is 11.3 Å². The summed E-state index contributed by atoms with van der Waals surface area (Å²) in [6.45, 7) is 1.64. The lowest BCUT2D eigenvalue weighted by atomic mass is 10.1. The first-order chi connectivity index (χ1) is 8.91. The lowest BCUT2D eigenvalue weighted by Gasteiger charge is -2.39. The third kappa shape index (κ3) is 2.18. The summed E-state index contributed by atoms with van der Waals surface area (Å²) in [7, 11) is 2.89. The molecule has 0 aliphatic carbocycles. The number of benzene rings is 1. The van der Waals surface area contributed by atoms with E-state index in [1.165, 1.54) is 26.4 Å². The van der Waals surface area contributed by atoms with Crippen molar-refractivity contribution >= 4 is 11.7 Å². The van der Waals surface area contributed by atoms with E-state index in [2.05, 4.69) is 0 Å². The molecule has 0 saturated carbocycles. The number of carboxylic acid groups (broad SMARTS) is 1. The fourth-order valence-electron chi connectivity index (χ4n) is 1.82. The third-order valence-electron chi connectivity index (χ3n) is 2.94. The van der Waals surface area contributed by atoms with Crippen molar-refractivity contribution in [2.24, 2.45) is 0 Å². The number of rotatable bonds is 3.